The van der Waals surface area contributed by atoms with Gasteiger partial charge in [0.1, 0.15) is 0 Å². The van der Waals surface area contributed by atoms with E-state index in [1.54, 1.807) is 0 Å². The number of aliphatic hydroxyl groups is 1. The highest BCUT2D eigenvalue weighted by atomic mass is 16.4. The lowest BCUT2D eigenvalue weighted by Crippen LogP contribution is -1.97. The predicted octanol–water partition coefficient (Wildman–Crippen LogP) is 0.324. The highest BCUT2D eigenvalue weighted by molar-refractivity contribution is 5.67. The molecule has 0 aromatic carbocycles. The summed E-state index contributed by atoms with van der Waals surface area (Å²) in [5, 5.41) is 23.3. The molecule has 0 saturated carbocycles. The molecule has 0 radical (unpaired) electrons. The first kappa shape index (κ1) is 13.5. The molecule has 0 atom stereocenters. The van der Waals surface area contributed by atoms with Crippen LogP contribution < -0.4 is 0 Å². The molecule has 0 unspecified atom stereocenters. The van der Waals surface area contributed by atoms with E-state index in [2.05, 4.69) is 0 Å². The summed E-state index contributed by atoms with van der Waals surface area (Å²) in [7, 11) is 1.00. The minimum Gasteiger partial charge on any atom is -0.481 e. The Hall–Kier alpha value is -1.10. The quantitative estimate of drug-likeness (QED) is 0.527. The Bertz CT molecular complexity index is 116. The Morgan fingerprint density at radius 1 is 0.917 bits per heavy atom. The lowest BCUT2D eigenvalue weighted by molar-refractivity contribution is -0.139. The molecule has 0 heterocycles. The topological polar surface area (TPSA) is 94.8 Å². The van der Waals surface area contributed by atoms with E-state index < -0.39 is 11.9 Å². The molecule has 0 aromatic heterocycles. The zero-order valence-electron chi connectivity index (χ0n) is 6.99. The predicted molar refractivity (Wildman–Crippen MR) is 41.9 cm³/mol. The fourth-order valence-electron chi connectivity index (χ4n) is 0.552. The van der Waals surface area contributed by atoms with Crippen LogP contribution in [0.25, 0.3) is 0 Å². The van der Waals surface area contributed by atoms with E-state index in [0.29, 0.717) is 12.8 Å². The maximum Gasteiger partial charge on any atom is 0.303 e. The van der Waals surface area contributed by atoms with Crippen LogP contribution in [-0.2, 0) is 9.59 Å². The molecule has 0 bridgehead atoms. The number of carbonyl (C=O) groups is 2. The number of carboxylic acid groups (broad SMARTS) is 2. The van der Waals surface area contributed by atoms with E-state index >= 15 is 0 Å². The number of rotatable bonds is 5. The Balaban J connectivity index is 0. The molecule has 0 spiro atoms. The molecule has 0 aliphatic heterocycles. The summed E-state index contributed by atoms with van der Waals surface area (Å²) in [6, 6.07) is 0. The van der Waals surface area contributed by atoms with Crippen molar-refractivity contribution in [3.63, 3.8) is 0 Å². The minimum absolute atomic E-state index is 0.0628. The van der Waals surface area contributed by atoms with E-state index in [-0.39, 0.29) is 12.8 Å². The second kappa shape index (κ2) is 9.90. The summed E-state index contributed by atoms with van der Waals surface area (Å²) in [6.45, 7) is 0. The van der Waals surface area contributed by atoms with E-state index in [0.717, 1.165) is 7.11 Å². The Kier molecular flexibility index (Phi) is 11.1. The highest BCUT2D eigenvalue weighted by Gasteiger charge is 1.99. The first-order chi connectivity index (χ1) is 5.63. The largest absolute Gasteiger partial charge is 0.481 e. The van der Waals surface area contributed by atoms with Crippen LogP contribution in [0.1, 0.15) is 25.7 Å². The van der Waals surface area contributed by atoms with Gasteiger partial charge < -0.3 is 15.3 Å². The second-order valence-electron chi connectivity index (χ2n) is 1.99. The summed E-state index contributed by atoms with van der Waals surface area (Å²) in [5.74, 6) is -1.74. The van der Waals surface area contributed by atoms with Crippen molar-refractivity contribution in [2.24, 2.45) is 0 Å². The summed E-state index contributed by atoms with van der Waals surface area (Å²) in [6.07, 6.45) is 1.02. The van der Waals surface area contributed by atoms with Crippen LogP contribution in [-0.4, -0.2) is 34.4 Å². The van der Waals surface area contributed by atoms with Crippen molar-refractivity contribution in [2.75, 3.05) is 7.11 Å². The summed E-state index contributed by atoms with van der Waals surface area (Å²) in [4.78, 5) is 19.8. The first-order valence-corrected chi connectivity index (χ1v) is 3.51. The molecule has 0 rings (SSSR count). The molecule has 0 aliphatic carbocycles. The van der Waals surface area contributed by atoms with Crippen LogP contribution in [0.3, 0.4) is 0 Å². The summed E-state index contributed by atoms with van der Waals surface area (Å²) >= 11 is 0. The van der Waals surface area contributed by atoms with E-state index in [9.17, 15) is 9.59 Å². The summed E-state index contributed by atoms with van der Waals surface area (Å²) < 4.78 is 0. The molecular formula is C7H14O5. The highest BCUT2D eigenvalue weighted by Crippen LogP contribution is 1.98. The van der Waals surface area contributed by atoms with E-state index in [1.165, 1.54) is 0 Å². The van der Waals surface area contributed by atoms with Gasteiger partial charge in [-0.2, -0.15) is 0 Å². The minimum atomic E-state index is -0.870. The molecule has 5 heteroatoms. The van der Waals surface area contributed by atoms with Crippen molar-refractivity contribution in [3.05, 3.63) is 0 Å². The normalized spacial score (nSPS) is 8.17. The van der Waals surface area contributed by atoms with Gasteiger partial charge in [-0.3, -0.25) is 9.59 Å². The lowest BCUT2D eigenvalue weighted by Gasteiger charge is -1.92. The van der Waals surface area contributed by atoms with Crippen LogP contribution in [0.2, 0.25) is 0 Å². The molecule has 12 heavy (non-hydrogen) atoms. The van der Waals surface area contributed by atoms with Gasteiger partial charge in [0.15, 0.2) is 0 Å². The molecule has 5 nitrogen and oxygen atoms in total. The van der Waals surface area contributed by atoms with Gasteiger partial charge in [0.25, 0.3) is 0 Å². The molecule has 0 aliphatic rings. The SMILES string of the molecule is CO.O=C(O)CCCCC(=O)O. The maximum absolute atomic E-state index is 9.90. The molecule has 0 saturated heterocycles. The van der Waals surface area contributed by atoms with Crippen molar-refractivity contribution in [2.45, 2.75) is 25.7 Å². The Labute approximate surface area is 70.6 Å². The smallest absolute Gasteiger partial charge is 0.303 e. The van der Waals surface area contributed by atoms with Gasteiger partial charge in [-0.1, -0.05) is 0 Å². The van der Waals surface area contributed by atoms with Gasteiger partial charge in [0.05, 0.1) is 0 Å². The molecule has 0 amide bonds. The fraction of sp³-hybridized carbons (Fsp3) is 0.714. The van der Waals surface area contributed by atoms with Crippen LogP contribution in [0, 0.1) is 0 Å². The standard InChI is InChI=1S/C6H10O4.CH4O/c7-5(8)3-1-2-4-6(9)10;1-2/h1-4H2,(H,7,8)(H,9,10);2H,1H3. The van der Waals surface area contributed by atoms with Crippen LogP contribution in [0.15, 0.2) is 0 Å². The number of carboxylic acids is 2. The molecule has 72 valence electrons. The second-order valence-corrected chi connectivity index (χ2v) is 1.99. The van der Waals surface area contributed by atoms with Crippen molar-refractivity contribution in [1.29, 1.82) is 0 Å². The van der Waals surface area contributed by atoms with Crippen molar-refractivity contribution in [3.8, 4) is 0 Å². The zero-order valence-corrected chi connectivity index (χ0v) is 6.99. The average molecular weight is 178 g/mol. The lowest BCUT2D eigenvalue weighted by atomic mass is 10.2. The molecule has 3 N–H and O–H groups in total. The van der Waals surface area contributed by atoms with Crippen molar-refractivity contribution < 1.29 is 24.9 Å². The van der Waals surface area contributed by atoms with Crippen LogP contribution in [0.5, 0.6) is 0 Å². The monoisotopic (exact) mass is 178 g/mol. The Morgan fingerprint density at radius 3 is 1.33 bits per heavy atom. The number of aliphatic carboxylic acids is 2. The number of hydrogen-bond acceptors (Lipinski definition) is 3. The first-order valence-electron chi connectivity index (χ1n) is 3.51. The third-order valence-electron chi connectivity index (χ3n) is 1.03. The summed E-state index contributed by atoms with van der Waals surface area (Å²) in [5.41, 5.74) is 0. The molecule has 0 aromatic rings. The fourth-order valence-corrected chi connectivity index (χ4v) is 0.552. The number of hydrogen-bond donors (Lipinski definition) is 3. The van der Waals surface area contributed by atoms with Crippen LogP contribution >= 0.6 is 0 Å². The Morgan fingerprint density at radius 2 is 1.17 bits per heavy atom. The molecular weight excluding hydrogens is 164 g/mol. The number of unbranched alkanes of at least 4 members (excludes halogenated alkanes) is 1. The van der Waals surface area contributed by atoms with Crippen molar-refractivity contribution in [1.82, 2.24) is 0 Å². The van der Waals surface area contributed by atoms with Gasteiger partial charge in [-0.15, -0.1) is 0 Å². The third-order valence-corrected chi connectivity index (χ3v) is 1.03. The van der Waals surface area contributed by atoms with Crippen LogP contribution in [0.4, 0.5) is 0 Å². The third kappa shape index (κ3) is 16.0. The zero-order chi connectivity index (χ0) is 9.98. The average Bonchev–Trinajstić information content (AvgIpc) is 2.02. The van der Waals surface area contributed by atoms with Gasteiger partial charge in [0.2, 0.25) is 0 Å². The molecule has 0 fully saturated rings. The maximum atomic E-state index is 9.90. The van der Waals surface area contributed by atoms with Gasteiger partial charge >= 0.3 is 11.9 Å². The van der Waals surface area contributed by atoms with E-state index in [4.69, 9.17) is 15.3 Å². The van der Waals surface area contributed by atoms with Gasteiger partial charge in [-0.05, 0) is 12.8 Å². The number of aliphatic hydroxyl groups excluding tert-OH is 1. The van der Waals surface area contributed by atoms with Crippen molar-refractivity contribution >= 4 is 11.9 Å². The van der Waals surface area contributed by atoms with Gasteiger partial charge in [0, 0.05) is 20.0 Å². The van der Waals surface area contributed by atoms with Gasteiger partial charge in [-0.25, -0.2) is 0 Å². The van der Waals surface area contributed by atoms with E-state index in [1.807, 2.05) is 0 Å².